The van der Waals surface area contributed by atoms with E-state index >= 15 is 0 Å². The fourth-order valence-corrected chi connectivity index (χ4v) is 1.21. The van der Waals surface area contributed by atoms with E-state index in [0.717, 1.165) is 13.0 Å². The van der Waals surface area contributed by atoms with Crippen LogP contribution >= 0.6 is 0 Å². The minimum Gasteiger partial charge on any atom is -0.370 e. The Morgan fingerprint density at radius 2 is 2.20 bits per heavy atom. The largest absolute Gasteiger partial charge is 0.370 e. The summed E-state index contributed by atoms with van der Waals surface area (Å²) in [6, 6.07) is 0. The molecular formula is C8H14O2. The third-order valence-electron chi connectivity index (χ3n) is 1.87. The maximum atomic E-state index is 10.8. The summed E-state index contributed by atoms with van der Waals surface area (Å²) in [6.45, 7) is 6.55. The molecule has 1 unspecified atom stereocenters. The molecule has 2 heteroatoms. The van der Waals surface area contributed by atoms with E-state index in [0.29, 0.717) is 0 Å². The highest BCUT2D eigenvalue weighted by Gasteiger charge is 2.34. The Bertz CT molecular complexity index is 149. The topological polar surface area (TPSA) is 26.3 Å². The van der Waals surface area contributed by atoms with Gasteiger partial charge in [-0.25, -0.2) is 0 Å². The van der Waals surface area contributed by atoms with Crippen LogP contribution in [0.1, 0.15) is 27.2 Å². The smallest absolute Gasteiger partial charge is 0.158 e. The lowest BCUT2D eigenvalue weighted by atomic mass is 9.90. The molecule has 1 rings (SSSR count). The van der Waals surface area contributed by atoms with Crippen molar-refractivity contribution >= 4 is 5.78 Å². The van der Waals surface area contributed by atoms with Crippen LogP contribution in [0, 0.1) is 5.41 Å². The fraction of sp³-hybridized carbons (Fsp3) is 0.875. The standard InChI is InChI=1S/C8H14O2/c1-6(9)7-4-8(2,3)5-10-7/h7H,4-5H2,1-3H3. The van der Waals surface area contributed by atoms with Gasteiger partial charge in [0.05, 0.1) is 6.61 Å². The average Bonchev–Trinajstić information content (AvgIpc) is 2.10. The Kier molecular flexibility index (Phi) is 1.82. The Morgan fingerprint density at radius 1 is 1.60 bits per heavy atom. The Morgan fingerprint density at radius 3 is 2.40 bits per heavy atom. The zero-order valence-electron chi connectivity index (χ0n) is 6.81. The summed E-state index contributed by atoms with van der Waals surface area (Å²) in [6.07, 6.45) is 0.748. The van der Waals surface area contributed by atoms with Crippen molar-refractivity contribution in [3.05, 3.63) is 0 Å². The van der Waals surface area contributed by atoms with Gasteiger partial charge in [-0.2, -0.15) is 0 Å². The molecule has 1 saturated heterocycles. The average molecular weight is 142 g/mol. The highest BCUT2D eigenvalue weighted by molar-refractivity contribution is 5.80. The second-order valence-corrected chi connectivity index (χ2v) is 3.78. The molecule has 0 N–H and O–H groups in total. The van der Waals surface area contributed by atoms with E-state index in [-0.39, 0.29) is 17.3 Å². The zero-order chi connectivity index (χ0) is 7.78. The molecule has 58 valence electrons. The Labute approximate surface area is 61.6 Å². The molecule has 0 radical (unpaired) electrons. The molecule has 0 aromatic heterocycles. The molecule has 1 aliphatic heterocycles. The molecule has 1 atom stereocenters. The first-order valence-electron chi connectivity index (χ1n) is 3.63. The van der Waals surface area contributed by atoms with Crippen molar-refractivity contribution in [3.63, 3.8) is 0 Å². The second kappa shape index (κ2) is 2.35. The normalized spacial score (nSPS) is 30.5. The van der Waals surface area contributed by atoms with Crippen molar-refractivity contribution in [2.24, 2.45) is 5.41 Å². The first kappa shape index (κ1) is 7.73. The van der Waals surface area contributed by atoms with Crippen molar-refractivity contribution < 1.29 is 9.53 Å². The summed E-state index contributed by atoms with van der Waals surface area (Å²) in [5.74, 6) is 0.158. The first-order valence-corrected chi connectivity index (χ1v) is 3.63. The van der Waals surface area contributed by atoms with Crippen LogP contribution in [0.5, 0.6) is 0 Å². The van der Waals surface area contributed by atoms with Crippen molar-refractivity contribution in [2.75, 3.05) is 6.61 Å². The summed E-state index contributed by atoms with van der Waals surface area (Å²) >= 11 is 0. The summed E-state index contributed by atoms with van der Waals surface area (Å²) in [5, 5.41) is 0. The van der Waals surface area contributed by atoms with Gasteiger partial charge in [-0.05, 0) is 18.8 Å². The van der Waals surface area contributed by atoms with Gasteiger partial charge in [-0.1, -0.05) is 13.8 Å². The molecule has 1 aliphatic rings. The van der Waals surface area contributed by atoms with Crippen molar-refractivity contribution in [1.29, 1.82) is 0 Å². The van der Waals surface area contributed by atoms with Gasteiger partial charge in [0.2, 0.25) is 0 Å². The molecule has 0 aliphatic carbocycles. The van der Waals surface area contributed by atoms with Crippen LogP contribution in [0.4, 0.5) is 0 Å². The second-order valence-electron chi connectivity index (χ2n) is 3.78. The molecule has 0 bridgehead atoms. The van der Waals surface area contributed by atoms with Gasteiger partial charge in [0, 0.05) is 0 Å². The summed E-state index contributed by atoms with van der Waals surface area (Å²) < 4.78 is 5.28. The molecule has 1 heterocycles. The number of hydrogen-bond donors (Lipinski definition) is 0. The third kappa shape index (κ3) is 1.57. The predicted octanol–water partition coefficient (Wildman–Crippen LogP) is 1.39. The maximum absolute atomic E-state index is 10.8. The van der Waals surface area contributed by atoms with Crippen molar-refractivity contribution in [2.45, 2.75) is 33.3 Å². The predicted molar refractivity (Wildman–Crippen MR) is 38.8 cm³/mol. The number of Topliss-reactive ketones (excluding diaryl/α,β-unsaturated/α-hetero) is 1. The molecule has 2 nitrogen and oxygen atoms in total. The van der Waals surface area contributed by atoms with Gasteiger partial charge in [0.25, 0.3) is 0 Å². The highest BCUT2D eigenvalue weighted by Crippen LogP contribution is 2.31. The van der Waals surface area contributed by atoms with Crippen molar-refractivity contribution in [3.8, 4) is 0 Å². The first-order chi connectivity index (χ1) is 4.51. The van der Waals surface area contributed by atoms with E-state index in [2.05, 4.69) is 13.8 Å². The van der Waals surface area contributed by atoms with E-state index < -0.39 is 0 Å². The number of ketones is 1. The third-order valence-corrected chi connectivity index (χ3v) is 1.87. The highest BCUT2D eigenvalue weighted by atomic mass is 16.5. The van der Waals surface area contributed by atoms with Crippen LogP contribution in [-0.2, 0) is 9.53 Å². The van der Waals surface area contributed by atoms with Crippen LogP contribution in [-0.4, -0.2) is 18.5 Å². The SMILES string of the molecule is CC(=O)C1CC(C)(C)CO1. The maximum Gasteiger partial charge on any atom is 0.158 e. The van der Waals surface area contributed by atoms with Gasteiger partial charge < -0.3 is 4.74 Å². The van der Waals surface area contributed by atoms with Gasteiger partial charge in [-0.3, -0.25) is 4.79 Å². The minimum absolute atomic E-state index is 0.130. The quantitative estimate of drug-likeness (QED) is 0.553. The summed E-state index contributed by atoms with van der Waals surface area (Å²) in [7, 11) is 0. The van der Waals surface area contributed by atoms with Crippen LogP contribution in [0.25, 0.3) is 0 Å². The lowest BCUT2D eigenvalue weighted by Crippen LogP contribution is -2.16. The lowest BCUT2D eigenvalue weighted by molar-refractivity contribution is -0.125. The van der Waals surface area contributed by atoms with E-state index in [1.165, 1.54) is 0 Å². The summed E-state index contributed by atoms with van der Waals surface area (Å²) in [5.41, 5.74) is 0.205. The minimum atomic E-state index is -0.130. The molecule has 0 aromatic rings. The van der Waals surface area contributed by atoms with E-state index in [1.54, 1.807) is 6.92 Å². The molecular weight excluding hydrogens is 128 g/mol. The van der Waals surface area contributed by atoms with Gasteiger partial charge >= 0.3 is 0 Å². The van der Waals surface area contributed by atoms with Crippen LogP contribution in [0.2, 0.25) is 0 Å². The number of carbonyl (C=O) groups excluding carboxylic acids is 1. The number of ether oxygens (including phenoxy) is 1. The van der Waals surface area contributed by atoms with Gasteiger partial charge in [-0.15, -0.1) is 0 Å². The monoisotopic (exact) mass is 142 g/mol. The summed E-state index contributed by atoms with van der Waals surface area (Å²) in [4.78, 5) is 10.8. The van der Waals surface area contributed by atoms with Gasteiger partial charge in [0.15, 0.2) is 5.78 Å². The van der Waals surface area contributed by atoms with Crippen molar-refractivity contribution in [1.82, 2.24) is 0 Å². The molecule has 1 fully saturated rings. The molecule has 0 spiro atoms. The van der Waals surface area contributed by atoms with E-state index in [4.69, 9.17) is 4.74 Å². The van der Waals surface area contributed by atoms with Crippen LogP contribution in [0.3, 0.4) is 0 Å². The molecule has 0 aromatic carbocycles. The zero-order valence-corrected chi connectivity index (χ0v) is 6.81. The van der Waals surface area contributed by atoms with Gasteiger partial charge in [0.1, 0.15) is 6.10 Å². The number of rotatable bonds is 1. The fourth-order valence-electron chi connectivity index (χ4n) is 1.21. The van der Waals surface area contributed by atoms with Crippen LogP contribution in [0.15, 0.2) is 0 Å². The Balaban J connectivity index is 2.51. The molecule has 0 saturated carbocycles. The van der Waals surface area contributed by atoms with Crippen LogP contribution < -0.4 is 0 Å². The Hall–Kier alpha value is -0.370. The van der Waals surface area contributed by atoms with E-state index in [1.807, 2.05) is 0 Å². The number of carbonyl (C=O) groups is 1. The molecule has 10 heavy (non-hydrogen) atoms. The number of hydrogen-bond acceptors (Lipinski definition) is 2. The lowest BCUT2D eigenvalue weighted by Gasteiger charge is -2.12. The molecule has 0 amide bonds. The van der Waals surface area contributed by atoms with E-state index in [9.17, 15) is 4.79 Å².